The number of thiocarbonyl (C=S) groups is 1. The van der Waals surface area contributed by atoms with Gasteiger partial charge in [0.25, 0.3) is 0 Å². The van der Waals surface area contributed by atoms with Crippen molar-refractivity contribution in [3.8, 4) is 0 Å². The summed E-state index contributed by atoms with van der Waals surface area (Å²) in [5.74, 6) is 0.203. The number of hydroxylamine groups is 2. The molecule has 1 heterocycles. The molecule has 307 valence electrons. The molecule has 0 saturated carbocycles. The number of hydrogen-bond donors (Lipinski definition) is 3. The topological polar surface area (TPSA) is 111 Å². The van der Waals surface area contributed by atoms with Gasteiger partial charge in [-0.25, -0.2) is 0 Å². The van der Waals surface area contributed by atoms with Crippen LogP contribution >= 0.6 is 31.6 Å². The monoisotopic (exact) mass is 831 g/mol. The first-order chi connectivity index (χ1) is 27.1. The van der Waals surface area contributed by atoms with Gasteiger partial charge in [-0.2, -0.15) is 0 Å². The van der Waals surface area contributed by atoms with E-state index in [1.165, 1.54) is 27.3 Å². The molecule has 57 heavy (non-hydrogen) atoms. The first-order valence-corrected chi connectivity index (χ1v) is 23.0. The first-order valence-electron chi connectivity index (χ1n) is 20.0. The molecule has 2 unspecified atom stereocenters. The van der Waals surface area contributed by atoms with Gasteiger partial charge >= 0.3 is 7.60 Å². The van der Waals surface area contributed by atoms with Crippen LogP contribution in [0.2, 0.25) is 0 Å². The molecule has 0 spiro atoms. The van der Waals surface area contributed by atoms with E-state index in [1.54, 1.807) is 18.9 Å². The van der Waals surface area contributed by atoms with Crippen LogP contribution in [0.1, 0.15) is 103 Å². The summed E-state index contributed by atoms with van der Waals surface area (Å²) in [7, 11) is -2.51. The smallest absolute Gasteiger partial charge is 0.329 e. The fraction of sp³-hybridized carbons (Fsp3) is 0.457. The number of benzene rings is 4. The predicted octanol–water partition coefficient (Wildman–Crippen LogP) is 9.98. The molecular weight excluding hydrogens is 772 g/mol. The second-order valence-corrected chi connectivity index (χ2v) is 20.1. The molecule has 1 aliphatic heterocycles. The van der Waals surface area contributed by atoms with Crippen molar-refractivity contribution in [2.75, 3.05) is 26.9 Å². The molecule has 0 amide bonds. The van der Waals surface area contributed by atoms with Crippen molar-refractivity contribution < 1.29 is 29.0 Å². The van der Waals surface area contributed by atoms with Crippen molar-refractivity contribution in [2.45, 2.75) is 107 Å². The van der Waals surface area contributed by atoms with E-state index in [0.29, 0.717) is 25.4 Å². The number of methoxy groups -OCH3 is 1. The van der Waals surface area contributed by atoms with Crippen LogP contribution in [0.4, 0.5) is 0 Å². The highest BCUT2D eigenvalue weighted by molar-refractivity contribution is 8.23. The standard InChI is InChI=1S/C46H60N2O6PS2/c1-45(2)30-42(31-46(3,4)48(45)49)47-32-36-16-20-38(21-17-36)41(24-15-34-11-13-35(14-12-34)25-26-54-28-27-53-5)29-43(57-44(56)40-9-7-6-8-10-40)39-22-18-37(19-23-39)33-55(50,51)52/h6-14,16-23,41-43,47H,15,24-33H2,1-5H3,(H2,50,51,52). The predicted molar refractivity (Wildman–Crippen MR) is 236 cm³/mol. The maximum atomic E-state index is 12.9. The van der Waals surface area contributed by atoms with Crippen LogP contribution in [0.5, 0.6) is 0 Å². The van der Waals surface area contributed by atoms with Gasteiger partial charge in [-0.15, -0.1) is 22.0 Å². The Balaban J connectivity index is 1.36. The van der Waals surface area contributed by atoms with E-state index in [4.69, 9.17) is 21.7 Å². The Morgan fingerprint density at radius 2 is 1.37 bits per heavy atom. The molecule has 1 aliphatic rings. The van der Waals surface area contributed by atoms with Gasteiger partial charge in [0.2, 0.25) is 0 Å². The van der Waals surface area contributed by atoms with Gasteiger partial charge in [0, 0.05) is 36.0 Å². The Kier molecular flexibility index (Phi) is 16.7. The molecule has 2 atom stereocenters. The average molecular weight is 832 g/mol. The minimum atomic E-state index is -4.19. The summed E-state index contributed by atoms with van der Waals surface area (Å²) >= 11 is 7.70. The number of nitrogens with one attached hydrogen (secondary N) is 1. The van der Waals surface area contributed by atoms with Gasteiger partial charge in [-0.3, -0.25) is 4.57 Å². The molecule has 1 saturated heterocycles. The number of piperidine rings is 1. The lowest BCUT2D eigenvalue weighted by Gasteiger charge is -2.50. The lowest BCUT2D eigenvalue weighted by atomic mass is 9.79. The largest absolute Gasteiger partial charge is 0.382 e. The molecule has 1 fully saturated rings. The molecule has 4 aromatic carbocycles. The Morgan fingerprint density at radius 3 is 1.96 bits per heavy atom. The van der Waals surface area contributed by atoms with Gasteiger partial charge in [0.15, 0.2) is 0 Å². The zero-order valence-corrected chi connectivity index (χ0v) is 36.6. The molecule has 3 N–H and O–H groups in total. The normalized spacial score (nSPS) is 17.0. The third kappa shape index (κ3) is 14.2. The van der Waals surface area contributed by atoms with Crippen molar-refractivity contribution >= 4 is 35.8 Å². The van der Waals surface area contributed by atoms with Gasteiger partial charge in [0.05, 0.1) is 30.2 Å². The summed E-state index contributed by atoms with van der Waals surface area (Å²) in [4.78, 5) is 19.2. The maximum Gasteiger partial charge on any atom is 0.329 e. The highest BCUT2D eigenvalue weighted by Gasteiger charge is 2.46. The zero-order valence-electron chi connectivity index (χ0n) is 34.1. The molecule has 5 rings (SSSR count). The highest BCUT2D eigenvalue weighted by atomic mass is 32.2. The van der Waals surface area contributed by atoms with Gasteiger partial charge in [0.1, 0.15) is 0 Å². The summed E-state index contributed by atoms with van der Waals surface area (Å²) in [6, 6.07) is 35.8. The van der Waals surface area contributed by atoms with Crippen LogP contribution < -0.4 is 5.32 Å². The average Bonchev–Trinajstić information content (AvgIpc) is 3.18. The molecular formula is C46H60N2O6PS2. The zero-order chi connectivity index (χ0) is 41.1. The third-order valence-electron chi connectivity index (χ3n) is 10.9. The number of nitrogens with zero attached hydrogens (tertiary/aromatic N) is 1. The van der Waals surface area contributed by atoms with E-state index in [2.05, 4.69) is 53.8 Å². The number of ether oxygens (including phenoxy) is 2. The molecule has 11 heteroatoms. The van der Waals surface area contributed by atoms with Crippen molar-refractivity contribution in [2.24, 2.45) is 0 Å². The number of hydrogen-bond acceptors (Lipinski definition) is 7. The first kappa shape index (κ1) is 45.4. The SMILES string of the molecule is COCCOCCc1ccc(CCC(CC(SC(=S)c2ccccc2)c2ccc(CP(=O)(O)O)cc2)c2ccc(CNC3CC(C)(C)N([O])C(C)(C)C3)cc2)cc1. The van der Waals surface area contributed by atoms with Gasteiger partial charge < -0.3 is 24.6 Å². The fourth-order valence-corrected chi connectivity index (χ4v) is 10.3. The molecule has 8 nitrogen and oxygen atoms in total. The molecule has 0 aliphatic carbocycles. The van der Waals surface area contributed by atoms with Gasteiger partial charge in [-0.1, -0.05) is 115 Å². The number of aryl methyl sites for hydroxylation is 1. The highest BCUT2D eigenvalue weighted by Crippen LogP contribution is 2.44. The van der Waals surface area contributed by atoms with Crippen LogP contribution in [0.3, 0.4) is 0 Å². The van der Waals surface area contributed by atoms with Crippen molar-refractivity contribution in [3.05, 3.63) is 142 Å². The van der Waals surface area contributed by atoms with E-state index in [1.807, 2.05) is 82.3 Å². The Hall–Kier alpha value is -2.73. The Morgan fingerprint density at radius 1 is 0.807 bits per heavy atom. The van der Waals surface area contributed by atoms with Crippen LogP contribution in [-0.2, 0) is 44.8 Å². The van der Waals surface area contributed by atoms with E-state index >= 15 is 0 Å². The van der Waals surface area contributed by atoms with Crippen LogP contribution in [0.25, 0.3) is 0 Å². The van der Waals surface area contributed by atoms with Gasteiger partial charge in [-0.05, 0) is 111 Å². The van der Waals surface area contributed by atoms with Crippen molar-refractivity contribution in [3.63, 3.8) is 0 Å². The minimum Gasteiger partial charge on any atom is -0.382 e. The molecule has 4 aromatic rings. The summed E-state index contributed by atoms with van der Waals surface area (Å²) in [6.07, 6.45) is 4.83. The van der Waals surface area contributed by atoms with E-state index < -0.39 is 18.7 Å². The van der Waals surface area contributed by atoms with Crippen LogP contribution in [0, 0.1) is 0 Å². The van der Waals surface area contributed by atoms with Crippen LogP contribution in [-0.4, -0.2) is 63.1 Å². The minimum absolute atomic E-state index is 0.00670. The summed E-state index contributed by atoms with van der Waals surface area (Å²) < 4.78 is 23.3. The number of thioether (sulfide) groups is 1. The molecule has 0 bridgehead atoms. The quantitative estimate of drug-likeness (QED) is 0.0456. The Bertz CT molecular complexity index is 1870. The summed E-state index contributed by atoms with van der Waals surface area (Å²) in [6.45, 7) is 10.7. The Labute approximate surface area is 349 Å². The number of rotatable bonds is 20. The second-order valence-electron chi connectivity index (χ2n) is 16.6. The van der Waals surface area contributed by atoms with E-state index in [0.717, 1.165) is 60.4 Å². The van der Waals surface area contributed by atoms with E-state index in [9.17, 15) is 19.6 Å². The lowest BCUT2D eigenvalue weighted by molar-refractivity contribution is -0.290. The van der Waals surface area contributed by atoms with Crippen molar-refractivity contribution in [1.29, 1.82) is 0 Å². The van der Waals surface area contributed by atoms with Crippen LogP contribution in [0.15, 0.2) is 103 Å². The van der Waals surface area contributed by atoms with E-state index in [-0.39, 0.29) is 23.4 Å². The fourth-order valence-electron chi connectivity index (χ4n) is 8.00. The third-order valence-corrected chi connectivity index (χ3v) is 13.4. The molecule has 1 radical (unpaired) electrons. The summed E-state index contributed by atoms with van der Waals surface area (Å²) in [5, 5.41) is 18.0. The molecule has 0 aromatic heterocycles. The second kappa shape index (κ2) is 21.0. The van der Waals surface area contributed by atoms with Crippen molar-refractivity contribution in [1.82, 2.24) is 10.4 Å². The lowest BCUT2D eigenvalue weighted by Crippen LogP contribution is -2.61. The maximum absolute atomic E-state index is 12.9. The summed E-state index contributed by atoms with van der Waals surface area (Å²) in [5.41, 5.74) is 6.84.